The first-order valence-corrected chi connectivity index (χ1v) is 5.63. The van der Waals surface area contributed by atoms with Gasteiger partial charge in [-0.2, -0.15) is 5.26 Å². The average Bonchev–Trinajstić information content (AvgIpc) is 2.37. The molecule has 90 valence electrons. The van der Waals surface area contributed by atoms with Crippen LogP contribution in [0.1, 0.15) is 12.6 Å². The van der Waals surface area contributed by atoms with Gasteiger partial charge in [-0.25, -0.2) is 4.98 Å². The quantitative estimate of drug-likeness (QED) is 0.832. The summed E-state index contributed by atoms with van der Waals surface area (Å²) in [4.78, 5) is 3.93. The third-order valence-electron chi connectivity index (χ3n) is 2.53. The van der Waals surface area contributed by atoms with Crippen molar-refractivity contribution in [2.45, 2.75) is 19.1 Å². The van der Waals surface area contributed by atoms with E-state index in [0.717, 1.165) is 13.1 Å². The molecule has 1 aliphatic heterocycles. The Hall–Kier alpha value is -1.64. The van der Waals surface area contributed by atoms with Gasteiger partial charge in [-0.1, -0.05) is 0 Å². The van der Waals surface area contributed by atoms with Gasteiger partial charge in [-0.3, -0.25) is 0 Å². The topological polar surface area (TPSA) is 67.2 Å². The Labute approximate surface area is 100 Å². The molecule has 0 amide bonds. The number of nitriles is 1. The molecule has 1 aromatic rings. The van der Waals surface area contributed by atoms with Crippen LogP contribution in [0.15, 0.2) is 18.3 Å². The third-order valence-corrected chi connectivity index (χ3v) is 2.53. The van der Waals surface area contributed by atoms with E-state index in [9.17, 15) is 0 Å². The van der Waals surface area contributed by atoms with Gasteiger partial charge >= 0.3 is 0 Å². The van der Waals surface area contributed by atoms with Crippen molar-refractivity contribution in [1.29, 1.82) is 5.26 Å². The van der Waals surface area contributed by atoms with Crippen molar-refractivity contribution in [3.63, 3.8) is 0 Å². The van der Waals surface area contributed by atoms with E-state index in [4.69, 9.17) is 14.7 Å². The van der Waals surface area contributed by atoms with Crippen LogP contribution >= 0.6 is 0 Å². The molecule has 1 saturated heterocycles. The number of rotatable bonds is 3. The van der Waals surface area contributed by atoms with Gasteiger partial charge in [0.25, 0.3) is 0 Å². The summed E-state index contributed by atoms with van der Waals surface area (Å²) in [7, 11) is 0. The van der Waals surface area contributed by atoms with E-state index in [1.54, 1.807) is 18.3 Å². The predicted molar refractivity (Wildman–Crippen MR) is 61.7 cm³/mol. The predicted octanol–water partition coefficient (Wildman–Crippen LogP) is 0.709. The molecule has 0 saturated carbocycles. The molecule has 2 heterocycles. The maximum absolute atomic E-state index is 8.86. The Morgan fingerprint density at radius 2 is 2.53 bits per heavy atom. The molecule has 0 aliphatic carbocycles. The van der Waals surface area contributed by atoms with E-state index in [1.807, 2.05) is 13.0 Å². The molecule has 2 rings (SSSR count). The van der Waals surface area contributed by atoms with Crippen molar-refractivity contribution in [3.8, 4) is 11.8 Å². The molecule has 1 aliphatic rings. The molecule has 2 unspecified atom stereocenters. The van der Waals surface area contributed by atoms with Crippen molar-refractivity contribution >= 4 is 0 Å². The Bertz CT molecular complexity index is 416. The highest BCUT2D eigenvalue weighted by molar-refractivity contribution is 5.36. The van der Waals surface area contributed by atoms with Crippen molar-refractivity contribution in [2.75, 3.05) is 19.7 Å². The van der Waals surface area contributed by atoms with Gasteiger partial charge in [0.2, 0.25) is 0 Å². The smallest absolute Gasteiger partial charge is 0.182 e. The highest BCUT2D eigenvalue weighted by Gasteiger charge is 2.19. The van der Waals surface area contributed by atoms with Crippen LogP contribution in [-0.4, -0.2) is 36.9 Å². The van der Waals surface area contributed by atoms with Crippen LogP contribution in [-0.2, 0) is 4.74 Å². The van der Waals surface area contributed by atoms with Crippen molar-refractivity contribution < 1.29 is 9.47 Å². The van der Waals surface area contributed by atoms with Crippen LogP contribution in [0.3, 0.4) is 0 Å². The summed E-state index contributed by atoms with van der Waals surface area (Å²) >= 11 is 0. The van der Waals surface area contributed by atoms with Crippen LogP contribution in [0.5, 0.6) is 5.75 Å². The fraction of sp³-hybridized carbons (Fsp3) is 0.500. The Morgan fingerprint density at radius 3 is 3.29 bits per heavy atom. The molecule has 1 N–H and O–H groups in total. The lowest BCUT2D eigenvalue weighted by atomic mass is 10.2. The number of morpholine rings is 1. The van der Waals surface area contributed by atoms with E-state index < -0.39 is 0 Å². The van der Waals surface area contributed by atoms with E-state index in [2.05, 4.69) is 10.3 Å². The minimum atomic E-state index is 0.0190. The van der Waals surface area contributed by atoms with Gasteiger partial charge < -0.3 is 14.8 Å². The number of nitrogens with zero attached hydrogens (tertiary/aromatic N) is 2. The fourth-order valence-corrected chi connectivity index (χ4v) is 1.74. The molecule has 0 spiro atoms. The molecule has 1 fully saturated rings. The van der Waals surface area contributed by atoms with Crippen molar-refractivity contribution in [2.24, 2.45) is 0 Å². The summed E-state index contributed by atoms with van der Waals surface area (Å²) in [5, 5.41) is 12.1. The highest BCUT2D eigenvalue weighted by atomic mass is 16.5. The molecule has 0 radical (unpaired) electrons. The number of ether oxygens (including phenoxy) is 2. The molecular formula is C12H15N3O2. The van der Waals surface area contributed by atoms with Crippen molar-refractivity contribution in [1.82, 2.24) is 10.3 Å². The summed E-state index contributed by atoms with van der Waals surface area (Å²) < 4.78 is 11.3. The normalized spacial score (nSPS) is 24.0. The summed E-state index contributed by atoms with van der Waals surface area (Å²) in [6, 6.07) is 5.49. The number of nitrogens with one attached hydrogen (secondary N) is 1. The van der Waals surface area contributed by atoms with E-state index in [0.29, 0.717) is 18.1 Å². The van der Waals surface area contributed by atoms with Gasteiger partial charge in [0.1, 0.15) is 18.8 Å². The van der Waals surface area contributed by atoms with Crippen LogP contribution in [0.25, 0.3) is 0 Å². The maximum atomic E-state index is 8.86. The van der Waals surface area contributed by atoms with Gasteiger partial charge in [0.15, 0.2) is 11.4 Å². The second kappa shape index (κ2) is 5.62. The fourth-order valence-electron chi connectivity index (χ4n) is 1.74. The van der Waals surface area contributed by atoms with Gasteiger partial charge in [-0.15, -0.1) is 0 Å². The minimum Gasteiger partial charge on any atom is -0.488 e. The standard InChI is InChI=1S/C12H15N3O2/c1-9-6-14-7-10(17-9)8-16-12-3-2-4-15-11(12)5-13/h2-4,9-10,14H,6-8H2,1H3. The average molecular weight is 233 g/mol. The first-order valence-electron chi connectivity index (χ1n) is 5.63. The molecule has 2 atom stereocenters. The van der Waals surface area contributed by atoms with Gasteiger partial charge in [-0.05, 0) is 19.1 Å². The zero-order valence-corrected chi connectivity index (χ0v) is 9.72. The monoisotopic (exact) mass is 233 g/mol. The van der Waals surface area contributed by atoms with E-state index in [-0.39, 0.29) is 12.2 Å². The Morgan fingerprint density at radius 1 is 1.65 bits per heavy atom. The summed E-state index contributed by atoms with van der Waals surface area (Å²) in [6.45, 7) is 4.08. The summed E-state index contributed by atoms with van der Waals surface area (Å²) in [6.07, 6.45) is 1.79. The zero-order chi connectivity index (χ0) is 12.1. The SMILES string of the molecule is CC1CNCC(COc2cccnc2C#N)O1. The first kappa shape index (κ1) is 11.8. The zero-order valence-electron chi connectivity index (χ0n) is 9.72. The second-order valence-electron chi connectivity index (χ2n) is 4.00. The first-order chi connectivity index (χ1) is 8.29. The van der Waals surface area contributed by atoms with Crippen LogP contribution < -0.4 is 10.1 Å². The molecule has 0 aromatic carbocycles. The molecule has 1 aromatic heterocycles. The molecule has 5 heteroatoms. The van der Waals surface area contributed by atoms with Crippen LogP contribution in [0.4, 0.5) is 0 Å². The summed E-state index contributed by atoms with van der Waals surface area (Å²) in [5.41, 5.74) is 0.310. The minimum absolute atomic E-state index is 0.0190. The van der Waals surface area contributed by atoms with Crippen LogP contribution in [0.2, 0.25) is 0 Å². The highest BCUT2D eigenvalue weighted by Crippen LogP contribution is 2.15. The molecule has 0 bridgehead atoms. The Kier molecular flexibility index (Phi) is 3.91. The van der Waals surface area contributed by atoms with Crippen LogP contribution in [0, 0.1) is 11.3 Å². The third kappa shape index (κ3) is 3.16. The van der Waals surface area contributed by atoms with Gasteiger partial charge in [0, 0.05) is 19.3 Å². The van der Waals surface area contributed by atoms with E-state index >= 15 is 0 Å². The lowest BCUT2D eigenvalue weighted by Crippen LogP contribution is -2.45. The second-order valence-corrected chi connectivity index (χ2v) is 4.00. The largest absolute Gasteiger partial charge is 0.488 e. The lowest BCUT2D eigenvalue weighted by Gasteiger charge is -2.28. The number of hydrogen-bond acceptors (Lipinski definition) is 5. The maximum Gasteiger partial charge on any atom is 0.182 e. The molecular weight excluding hydrogens is 218 g/mol. The lowest BCUT2D eigenvalue weighted by molar-refractivity contribution is -0.0471. The van der Waals surface area contributed by atoms with Crippen molar-refractivity contribution in [3.05, 3.63) is 24.0 Å². The van der Waals surface area contributed by atoms with E-state index in [1.165, 1.54) is 0 Å². The summed E-state index contributed by atoms with van der Waals surface area (Å²) in [5.74, 6) is 0.511. The Balaban J connectivity index is 1.91. The number of hydrogen-bond donors (Lipinski definition) is 1. The number of pyridine rings is 1. The van der Waals surface area contributed by atoms with Gasteiger partial charge in [0.05, 0.1) is 6.10 Å². The molecule has 5 nitrogen and oxygen atoms in total. The molecule has 17 heavy (non-hydrogen) atoms. The number of aromatic nitrogens is 1.